The molecule has 1 aromatic rings. The van der Waals surface area contributed by atoms with Crippen LogP contribution in [-0.2, 0) is 0 Å². The molecule has 1 aliphatic rings. The summed E-state index contributed by atoms with van der Waals surface area (Å²) in [6.45, 7) is 9.60. The van der Waals surface area contributed by atoms with Crippen LogP contribution in [0.4, 0.5) is 0 Å². The van der Waals surface area contributed by atoms with E-state index >= 15 is 0 Å². The maximum absolute atomic E-state index is 3.98. The largest absolute Gasteiger partial charge is 0.299 e. The first kappa shape index (κ1) is 11.4. The van der Waals surface area contributed by atoms with E-state index in [9.17, 15) is 0 Å². The molecule has 1 fully saturated rings. The van der Waals surface area contributed by atoms with Crippen molar-refractivity contribution in [3.63, 3.8) is 0 Å². The van der Waals surface area contributed by atoms with E-state index in [0.717, 1.165) is 12.5 Å². The minimum Gasteiger partial charge on any atom is -0.299 e. The fraction of sp³-hybridized carbons (Fsp3) is 0.467. The molecule has 0 spiro atoms. The van der Waals surface area contributed by atoms with Crippen molar-refractivity contribution in [2.24, 2.45) is 0 Å². The van der Waals surface area contributed by atoms with Gasteiger partial charge in [0.1, 0.15) is 0 Å². The molecule has 1 nitrogen and oxygen atoms in total. The SMILES string of the molecule is C=C(C)CN1CCC(c2ccccc2)CC1. The molecular weight excluding hydrogens is 194 g/mol. The first-order valence-electron chi connectivity index (χ1n) is 6.17. The Hall–Kier alpha value is -1.08. The Balaban J connectivity index is 1.88. The van der Waals surface area contributed by atoms with Crippen LogP contribution in [0.1, 0.15) is 31.2 Å². The molecule has 0 radical (unpaired) electrons. The van der Waals surface area contributed by atoms with Gasteiger partial charge in [0.2, 0.25) is 0 Å². The molecule has 1 saturated heterocycles. The van der Waals surface area contributed by atoms with Crippen LogP contribution in [-0.4, -0.2) is 24.5 Å². The van der Waals surface area contributed by atoms with Gasteiger partial charge in [-0.05, 0) is 44.3 Å². The van der Waals surface area contributed by atoms with E-state index < -0.39 is 0 Å². The highest BCUT2D eigenvalue weighted by Crippen LogP contribution is 2.27. The summed E-state index contributed by atoms with van der Waals surface area (Å²) in [5.41, 5.74) is 2.79. The first-order valence-corrected chi connectivity index (χ1v) is 6.17. The fourth-order valence-electron chi connectivity index (χ4n) is 2.53. The first-order chi connectivity index (χ1) is 7.75. The number of benzene rings is 1. The van der Waals surface area contributed by atoms with Crippen molar-refractivity contribution >= 4 is 0 Å². The van der Waals surface area contributed by atoms with Gasteiger partial charge in [-0.15, -0.1) is 0 Å². The number of nitrogens with zero attached hydrogens (tertiary/aromatic N) is 1. The molecule has 0 saturated carbocycles. The second kappa shape index (κ2) is 5.31. The molecule has 0 N–H and O–H groups in total. The summed E-state index contributed by atoms with van der Waals surface area (Å²) < 4.78 is 0. The molecule has 1 heterocycles. The van der Waals surface area contributed by atoms with Crippen molar-refractivity contribution in [2.75, 3.05) is 19.6 Å². The van der Waals surface area contributed by atoms with E-state index in [-0.39, 0.29) is 0 Å². The molecule has 1 heteroatoms. The van der Waals surface area contributed by atoms with E-state index in [4.69, 9.17) is 0 Å². The Labute approximate surface area is 98.8 Å². The standard InChI is InChI=1S/C15H21N/c1-13(2)12-16-10-8-15(9-11-16)14-6-4-3-5-7-14/h3-7,15H,1,8-12H2,2H3. The Bertz CT molecular complexity index is 334. The van der Waals surface area contributed by atoms with E-state index in [1.54, 1.807) is 0 Å². The molecule has 0 bridgehead atoms. The Morgan fingerprint density at radius 1 is 1.25 bits per heavy atom. The molecule has 0 aliphatic carbocycles. The van der Waals surface area contributed by atoms with Gasteiger partial charge in [-0.3, -0.25) is 4.90 Å². The van der Waals surface area contributed by atoms with Crippen LogP contribution in [0.15, 0.2) is 42.5 Å². The third-order valence-electron chi connectivity index (χ3n) is 3.35. The maximum Gasteiger partial charge on any atom is 0.0187 e. The summed E-state index contributed by atoms with van der Waals surface area (Å²) in [4.78, 5) is 2.52. The number of hydrogen-bond donors (Lipinski definition) is 0. The zero-order valence-electron chi connectivity index (χ0n) is 10.2. The third-order valence-corrected chi connectivity index (χ3v) is 3.35. The highest BCUT2D eigenvalue weighted by atomic mass is 15.1. The van der Waals surface area contributed by atoms with Gasteiger partial charge in [0, 0.05) is 6.54 Å². The van der Waals surface area contributed by atoms with Gasteiger partial charge in [-0.1, -0.05) is 42.5 Å². The van der Waals surface area contributed by atoms with Crippen LogP contribution in [0.2, 0.25) is 0 Å². The lowest BCUT2D eigenvalue weighted by atomic mass is 9.89. The Morgan fingerprint density at radius 2 is 1.88 bits per heavy atom. The monoisotopic (exact) mass is 215 g/mol. The molecule has 1 aromatic carbocycles. The number of rotatable bonds is 3. The number of likely N-dealkylation sites (tertiary alicyclic amines) is 1. The maximum atomic E-state index is 3.98. The Kier molecular flexibility index (Phi) is 3.79. The van der Waals surface area contributed by atoms with E-state index in [1.165, 1.54) is 37.1 Å². The fourth-order valence-corrected chi connectivity index (χ4v) is 2.53. The summed E-state index contributed by atoms with van der Waals surface area (Å²) in [5, 5.41) is 0. The zero-order valence-corrected chi connectivity index (χ0v) is 10.2. The van der Waals surface area contributed by atoms with E-state index in [2.05, 4.69) is 48.7 Å². The molecule has 86 valence electrons. The lowest BCUT2D eigenvalue weighted by molar-refractivity contribution is 0.228. The minimum atomic E-state index is 0.766. The zero-order chi connectivity index (χ0) is 11.4. The van der Waals surface area contributed by atoms with Crippen molar-refractivity contribution in [1.82, 2.24) is 4.90 Å². The molecule has 2 rings (SSSR count). The Morgan fingerprint density at radius 3 is 2.44 bits per heavy atom. The van der Waals surface area contributed by atoms with Gasteiger partial charge in [-0.25, -0.2) is 0 Å². The summed E-state index contributed by atoms with van der Waals surface area (Å²) in [7, 11) is 0. The normalized spacial score (nSPS) is 18.6. The van der Waals surface area contributed by atoms with Crippen molar-refractivity contribution in [3.05, 3.63) is 48.0 Å². The van der Waals surface area contributed by atoms with Crippen LogP contribution in [0, 0.1) is 0 Å². The summed E-state index contributed by atoms with van der Waals surface area (Å²) in [5.74, 6) is 0.766. The lowest BCUT2D eigenvalue weighted by Crippen LogP contribution is -2.33. The lowest BCUT2D eigenvalue weighted by Gasteiger charge is -2.32. The van der Waals surface area contributed by atoms with E-state index in [1.807, 2.05) is 0 Å². The molecule has 0 atom stereocenters. The molecule has 1 aliphatic heterocycles. The van der Waals surface area contributed by atoms with Crippen molar-refractivity contribution in [2.45, 2.75) is 25.7 Å². The number of piperidine rings is 1. The smallest absolute Gasteiger partial charge is 0.0187 e. The van der Waals surface area contributed by atoms with Crippen LogP contribution in [0.25, 0.3) is 0 Å². The van der Waals surface area contributed by atoms with E-state index in [0.29, 0.717) is 0 Å². The second-order valence-corrected chi connectivity index (χ2v) is 4.92. The molecule has 0 aromatic heterocycles. The molecule has 0 amide bonds. The average molecular weight is 215 g/mol. The van der Waals surface area contributed by atoms with Crippen molar-refractivity contribution in [3.8, 4) is 0 Å². The van der Waals surface area contributed by atoms with Gasteiger partial charge >= 0.3 is 0 Å². The van der Waals surface area contributed by atoms with Crippen LogP contribution in [0.3, 0.4) is 0 Å². The third kappa shape index (κ3) is 2.96. The van der Waals surface area contributed by atoms with Gasteiger partial charge in [0.15, 0.2) is 0 Å². The number of hydrogen-bond acceptors (Lipinski definition) is 1. The van der Waals surface area contributed by atoms with Crippen LogP contribution in [0.5, 0.6) is 0 Å². The molecule has 16 heavy (non-hydrogen) atoms. The van der Waals surface area contributed by atoms with Gasteiger partial charge in [-0.2, -0.15) is 0 Å². The van der Waals surface area contributed by atoms with Crippen LogP contribution >= 0.6 is 0 Å². The van der Waals surface area contributed by atoms with Gasteiger partial charge in [0.25, 0.3) is 0 Å². The molecule has 0 unspecified atom stereocenters. The van der Waals surface area contributed by atoms with Crippen LogP contribution < -0.4 is 0 Å². The van der Waals surface area contributed by atoms with Crippen molar-refractivity contribution < 1.29 is 0 Å². The molecular formula is C15H21N. The summed E-state index contributed by atoms with van der Waals surface area (Å²) in [6, 6.07) is 10.9. The van der Waals surface area contributed by atoms with Crippen molar-refractivity contribution in [1.29, 1.82) is 0 Å². The topological polar surface area (TPSA) is 3.24 Å². The van der Waals surface area contributed by atoms with Gasteiger partial charge < -0.3 is 0 Å². The predicted molar refractivity (Wildman–Crippen MR) is 69.7 cm³/mol. The second-order valence-electron chi connectivity index (χ2n) is 4.92. The quantitative estimate of drug-likeness (QED) is 0.698. The predicted octanol–water partition coefficient (Wildman–Crippen LogP) is 3.44. The highest BCUT2D eigenvalue weighted by molar-refractivity contribution is 5.20. The minimum absolute atomic E-state index is 0.766. The summed E-state index contributed by atoms with van der Waals surface area (Å²) in [6.07, 6.45) is 2.58. The highest BCUT2D eigenvalue weighted by Gasteiger charge is 2.19. The average Bonchev–Trinajstić information content (AvgIpc) is 2.30. The summed E-state index contributed by atoms with van der Waals surface area (Å²) >= 11 is 0. The van der Waals surface area contributed by atoms with Gasteiger partial charge in [0.05, 0.1) is 0 Å².